The van der Waals surface area contributed by atoms with Gasteiger partial charge in [0.2, 0.25) is 0 Å². The molecule has 0 aliphatic heterocycles. The van der Waals surface area contributed by atoms with E-state index >= 15 is 0 Å². The van der Waals surface area contributed by atoms with E-state index in [1.165, 1.54) is 12.1 Å². The average molecular weight is 298 g/mol. The van der Waals surface area contributed by atoms with Crippen LogP contribution in [-0.2, 0) is 10.8 Å². The summed E-state index contributed by atoms with van der Waals surface area (Å²) in [4.78, 5) is 11.0. The largest absolute Gasteiger partial charge is 0.478 e. The van der Waals surface area contributed by atoms with Crippen LogP contribution in [0.4, 0.5) is 4.39 Å². The van der Waals surface area contributed by atoms with Gasteiger partial charge in [0.05, 0.1) is 21.3 Å². The Morgan fingerprint density at radius 2 is 2.20 bits per heavy atom. The normalized spacial score (nSPS) is 24.3. The average Bonchev–Trinajstić information content (AvgIpc) is 2.46. The number of hydrogen-bond donors (Lipinski definition) is 1. The maximum absolute atomic E-state index is 13.8. The number of halogens is 1. The topological polar surface area (TPSA) is 54.4 Å². The lowest BCUT2D eigenvalue weighted by atomic mass is 9.87. The Kier molecular flexibility index (Phi) is 4.91. The van der Waals surface area contributed by atoms with Crippen molar-refractivity contribution in [2.24, 2.45) is 5.92 Å². The van der Waals surface area contributed by atoms with Crippen LogP contribution in [0.25, 0.3) is 0 Å². The third-order valence-corrected chi connectivity index (χ3v) is 5.79. The predicted octanol–water partition coefficient (Wildman–Crippen LogP) is 3.60. The Labute approximate surface area is 120 Å². The molecule has 2 rings (SSSR count). The summed E-state index contributed by atoms with van der Waals surface area (Å²) in [5.41, 5.74) is -0.0161. The van der Waals surface area contributed by atoms with Crippen molar-refractivity contribution in [1.82, 2.24) is 0 Å². The molecule has 20 heavy (non-hydrogen) atoms. The van der Waals surface area contributed by atoms with Crippen molar-refractivity contribution in [3.05, 3.63) is 29.6 Å². The summed E-state index contributed by atoms with van der Waals surface area (Å²) in [7, 11) is -1.47. The summed E-state index contributed by atoms with van der Waals surface area (Å²) < 4.78 is 26.4. The second kappa shape index (κ2) is 6.48. The van der Waals surface area contributed by atoms with Gasteiger partial charge in [-0.25, -0.2) is 9.18 Å². The van der Waals surface area contributed by atoms with Gasteiger partial charge in [-0.3, -0.25) is 4.21 Å². The van der Waals surface area contributed by atoms with Gasteiger partial charge in [0.15, 0.2) is 0 Å². The van der Waals surface area contributed by atoms with Gasteiger partial charge in [-0.2, -0.15) is 0 Å². The molecule has 3 nitrogen and oxygen atoms in total. The minimum atomic E-state index is -1.47. The maximum atomic E-state index is 13.8. The molecule has 0 saturated heterocycles. The summed E-state index contributed by atoms with van der Waals surface area (Å²) >= 11 is 0. The number of hydrogen-bond acceptors (Lipinski definition) is 2. The highest BCUT2D eigenvalue weighted by Crippen LogP contribution is 2.32. The molecule has 0 aromatic heterocycles. The molecule has 1 aliphatic rings. The summed E-state index contributed by atoms with van der Waals surface area (Å²) in [6.45, 7) is 2.11. The van der Waals surface area contributed by atoms with E-state index in [0.29, 0.717) is 5.92 Å². The van der Waals surface area contributed by atoms with Crippen molar-refractivity contribution in [2.45, 2.75) is 49.2 Å². The van der Waals surface area contributed by atoms with Gasteiger partial charge in [0, 0.05) is 5.25 Å². The molecule has 0 bridgehead atoms. The van der Waals surface area contributed by atoms with Crippen LogP contribution in [0.5, 0.6) is 0 Å². The quantitative estimate of drug-likeness (QED) is 0.924. The van der Waals surface area contributed by atoms with Crippen LogP contribution in [0.1, 0.15) is 49.4 Å². The maximum Gasteiger partial charge on any atom is 0.335 e. The summed E-state index contributed by atoms with van der Waals surface area (Å²) in [5.74, 6) is -1.16. The number of carboxylic acid groups (broad SMARTS) is 1. The van der Waals surface area contributed by atoms with E-state index < -0.39 is 22.6 Å². The van der Waals surface area contributed by atoms with Gasteiger partial charge in [0.25, 0.3) is 0 Å². The molecule has 3 unspecified atom stereocenters. The number of carboxylic acids is 1. The van der Waals surface area contributed by atoms with Crippen LogP contribution in [0.2, 0.25) is 0 Å². The fourth-order valence-electron chi connectivity index (χ4n) is 2.78. The van der Waals surface area contributed by atoms with E-state index in [1.807, 2.05) is 0 Å². The van der Waals surface area contributed by atoms with Gasteiger partial charge in [-0.15, -0.1) is 0 Å². The SMILES string of the molecule is CCC1CCCC(S(=O)c2cc(C(=O)O)ccc2F)C1. The van der Waals surface area contributed by atoms with E-state index in [-0.39, 0.29) is 15.7 Å². The lowest BCUT2D eigenvalue weighted by Crippen LogP contribution is -2.24. The van der Waals surface area contributed by atoms with Crippen molar-refractivity contribution in [3.8, 4) is 0 Å². The molecule has 110 valence electrons. The van der Waals surface area contributed by atoms with Gasteiger partial charge in [-0.1, -0.05) is 26.2 Å². The van der Waals surface area contributed by atoms with Crippen molar-refractivity contribution in [2.75, 3.05) is 0 Å². The molecular formula is C15H19FO3S. The minimum absolute atomic E-state index is 0.0161. The first kappa shape index (κ1) is 15.2. The monoisotopic (exact) mass is 298 g/mol. The van der Waals surface area contributed by atoms with Crippen LogP contribution in [0.3, 0.4) is 0 Å². The van der Waals surface area contributed by atoms with E-state index in [2.05, 4.69) is 6.92 Å². The molecule has 1 N–H and O–H groups in total. The zero-order valence-electron chi connectivity index (χ0n) is 11.5. The van der Waals surface area contributed by atoms with E-state index in [0.717, 1.165) is 38.2 Å². The highest BCUT2D eigenvalue weighted by Gasteiger charge is 2.28. The molecule has 0 amide bonds. The smallest absolute Gasteiger partial charge is 0.335 e. The van der Waals surface area contributed by atoms with Gasteiger partial charge < -0.3 is 5.11 Å². The summed E-state index contributed by atoms with van der Waals surface area (Å²) in [6, 6.07) is 3.51. The second-order valence-electron chi connectivity index (χ2n) is 5.31. The number of benzene rings is 1. The molecule has 5 heteroatoms. The Morgan fingerprint density at radius 3 is 2.85 bits per heavy atom. The predicted molar refractivity (Wildman–Crippen MR) is 75.8 cm³/mol. The van der Waals surface area contributed by atoms with Crippen molar-refractivity contribution in [3.63, 3.8) is 0 Å². The van der Waals surface area contributed by atoms with E-state index in [4.69, 9.17) is 5.11 Å². The first-order valence-electron chi connectivity index (χ1n) is 6.96. The van der Waals surface area contributed by atoms with Crippen molar-refractivity contribution >= 4 is 16.8 Å². The highest BCUT2D eigenvalue weighted by atomic mass is 32.2. The zero-order chi connectivity index (χ0) is 14.7. The van der Waals surface area contributed by atoms with Crippen LogP contribution in [0.15, 0.2) is 23.1 Å². The van der Waals surface area contributed by atoms with Gasteiger partial charge in [0.1, 0.15) is 5.82 Å². The fraction of sp³-hybridized carbons (Fsp3) is 0.533. The fourth-order valence-corrected chi connectivity index (χ4v) is 4.47. The number of aromatic carboxylic acids is 1. The molecule has 0 radical (unpaired) electrons. The molecule has 0 heterocycles. The van der Waals surface area contributed by atoms with Crippen molar-refractivity contribution < 1.29 is 18.5 Å². The molecule has 1 aromatic carbocycles. The molecule has 1 aromatic rings. The van der Waals surface area contributed by atoms with Gasteiger partial charge in [-0.05, 0) is 37.0 Å². The van der Waals surface area contributed by atoms with Crippen LogP contribution < -0.4 is 0 Å². The molecule has 1 aliphatic carbocycles. The van der Waals surface area contributed by atoms with Crippen LogP contribution >= 0.6 is 0 Å². The first-order chi connectivity index (χ1) is 9.52. The van der Waals surface area contributed by atoms with Crippen LogP contribution in [0, 0.1) is 11.7 Å². The minimum Gasteiger partial charge on any atom is -0.478 e. The van der Waals surface area contributed by atoms with E-state index in [1.54, 1.807) is 0 Å². The lowest BCUT2D eigenvalue weighted by Gasteiger charge is -2.27. The molecule has 0 spiro atoms. The summed E-state index contributed by atoms with van der Waals surface area (Å²) in [5, 5.41) is 8.89. The van der Waals surface area contributed by atoms with Crippen molar-refractivity contribution in [1.29, 1.82) is 0 Å². The van der Waals surface area contributed by atoms with E-state index in [9.17, 15) is 13.4 Å². The Bertz CT molecular complexity index is 530. The molecule has 1 fully saturated rings. The molecule has 1 saturated carbocycles. The van der Waals surface area contributed by atoms with Crippen LogP contribution in [-0.4, -0.2) is 20.5 Å². The highest BCUT2D eigenvalue weighted by molar-refractivity contribution is 7.85. The summed E-state index contributed by atoms with van der Waals surface area (Å²) in [6.07, 6.45) is 4.85. The third-order valence-electron chi connectivity index (χ3n) is 4.01. The standard InChI is InChI=1S/C15H19FO3S/c1-2-10-4-3-5-12(8-10)20(19)14-9-11(15(17)18)6-7-13(14)16/h6-7,9-10,12H,2-5,8H2,1H3,(H,17,18). The molecule has 3 atom stereocenters. The third kappa shape index (κ3) is 3.26. The first-order valence-corrected chi connectivity index (χ1v) is 8.17. The number of rotatable bonds is 4. The molecular weight excluding hydrogens is 279 g/mol. The Hall–Kier alpha value is -1.23. The number of carbonyl (C=O) groups is 1. The zero-order valence-corrected chi connectivity index (χ0v) is 12.3. The second-order valence-corrected chi connectivity index (χ2v) is 7.01. The van der Waals surface area contributed by atoms with Gasteiger partial charge >= 0.3 is 5.97 Å². The Balaban J connectivity index is 2.24. The Morgan fingerprint density at radius 1 is 1.45 bits per heavy atom. The lowest BCUT2D eigenvalue weighted by molar-refractivity contribution is 0.0696.